The van der Waals surface area contributed by atoms with E-state index in [9.17, 15) is 14.4 Å². The number of carbonyl (C=O) groups is 3. The van der Waals surface area contributed by atoms with E-state index < -0.39 is 5.97 Å². The predicted octanol–water partition coefficient (Wildman–Crippen LogP) is 9.31. The second-order valence-electron chi connectivity index (χ2n) is 12.1. The highest BCUT2D eigenvalue weighted by Crippen LogP contribution is 2.19. The lowest BCUT2D eigenvalue weighted by atomic mass is 10.1. The van der Waals surface area contributed by atoms with Gasteiger partial charge >= 0.3 is 5.97 Å². The van der Waals surface area contributed by atoms with E-state index in [0.717, 1.165) is 46.3 Å². The van der Waals surface area contributed by atoms with Crippen molar-refractivity contribution in [1.82, 2.24) is 10.6 Å². The number of methoxy groups -OCH3 is 1. The number of anilines is 1. The standard InChI is InChI=1S/C20H27NO4.C15H22N2O2S.C3H6.C3H8/c1-4-6-19(24-3)15-16(2)21-13-5-14-25-18-10-7-17(8-11-18)9-12-20(22)23;1-11(2)16-14(18)8-5-9-15(19)17-12-6-4-7-13(10-12)20-3;1-2-3-1;1-3-2/h4,6-8,10-11,15,21H,1,5,9,12-14H2,2-3H3,(H,22,23);4,6-7,10-11H,5,8-9H2,1-3H3,(H,16,18)(H,17,19);1-3H2;3H2,1-2H3/b16-15+,19-6+;;;. The zero-order chi connectivity index (χ0) is 38.3. The third-order valence-corrected chi connectivity index (χ3v) is 7.11. The van der Waals surface area contributed by atoms with E-state index >= 15 is 0 Å². The number of ether oxygens (including phenoxy) is 2. The molecule has 2 aromatic carbocycles. The number of thioether (sulfide) groups is 1. The minimum absolute atomic E-state index is 0.00261. The smallest absolute Gasteiger partial charge is 0.303 e. The summed E-state index contributed by atoms with van der Waals surface area (Å²) in [5, 5.41) is 17.6. The second kappa shape index (κ2) is 30.6. The molecule has 4 N–H and O–H groups in total. The van der Waals surface area contributed by atoms with Crippen LogP contribution in [0.2, 0.25) is 0 Å². The van der Waals surface area contributed by atoms with E-state index in [-0.39, 0.29) is 24.3 Å². The van der Waals surface area contributed by atoms with E-state index in [2.05, 4.69) is 36.4 Å². The molecule has 0 bridgehead atoms. The van der Waals surface area contributed by atoms with E-state index in [1.165, 1.54) is 25.7 Å². The molecule has 9 nitrogen and oxygen atoms in total. The minimum Gasteiger partial charge on any atom is -0.497 e. The van der Waals surface area contributed by atoms with Crippen molar-refractivity contribution in [2.24, 2.45) is 0 Å². The van der Waals surface area contributed by atoms with Crippen LogP contribution in [-0.2, 0) is 25.5 Å². The molecular weight excluding hydrogens is 663 g/mol. The summed E-state index contributed by atoms with van der Waals surface area (Å²) >= 11 is 1.63. The zero-order valence-corrected chi connectivity index (χ0v) is 32.8. The molecule has 0 atom stereocenters. The van der Waals surface area contributed by atoms with Gasteiger partial charge < -0.3 is 30.5 Å². The molecule has 10 heteroatoms. The van der Waals surface area contributed by atoms with E-state index in [1.807, 2.05) is 81.6 Å². The molecule has 2 amide bonds. The first-order valence-corrected chi connectivity index (χ1v) is 19.2. The van der Waals surface area contributed by atoms with Crippen LogP contribution >= 0.6 is 11.8 Å². The normalized spacial score (nSPS) is 11.6. The van der Waals surface area contributed by atoms with Gasteiger partial charge in [-0.3, -0.25) is 14.4 Å². The van der Waals surface area contributed by atoms with Gasteiger partial charge in [-0.1, -0.05) is 70.4 Å². The Hall–Kier alpha value is -4.18. The Bertz CT molecular complexity index is 1320. The Kier molecular flexibility index (Phi) is 28.1. The first-order chi connectivity index (χ1) is 24.5. The summed E-state index contributed by atoms with van der Waals surface area (Å²) in [5.74, 6) is 0.703. The third-order valence-electron chi connectivity index (χ3n) is 6.39. The van der Waals surface area contributed by atoms with Crippen molar-refractivity contribution in [1.29, 1.82) is 0 Å². The summed E-state index contributed by atoms with van der Waals surface area (Å²) in [7, 11) is 1.62. The van der Waals surface area contributed by atoms with Crippen molar-refractivity contribution in [3.05, 3.63) is 90.4 Å². The fraction of sp³-hybridized carbons (Fsp3) is 0.488. The highest BCUT2D eigenvalue weighted by Gasteiger charge is 2.07. The van der Waals surface area contributed by atoms with Crippen molar-refractivity contribution >= 4 is 35.2 Å². The van der Waals surface area contributed by atoms with Crippen LogP contribution in [0.15, 0.2) is 89.7 Å². The van der Waals surface area contributed by atoms with Gasteiger partial charge in [0.2, 0.25) is 11.8 Å². The molecule has 0 aliphatic heterocycles. The molecule has 0 radical (unpaired) electrons. The highest BCUT2D eigenvalue weighted by atomic mass is 32.2. The maximum atomic E-state index is 11.8. The topological polar surface area (TPSA) is 126 Å². The number of benzene rings is 2. The summed E-state index contributed by atoms with van der Waals surface area (Å²) in [6, 6.07) is 15.4. The van der Waals surface area contributed by atoms with Crippen molar-refractivity contribution in [3.63, 3.8) is 0 Å². The average molecular weight is 726 g/mol. The van der Waals surface area contributed by atoms with Gasteiger partial charge in [-0.25, -0.2) is 0 Å². The highest BCUT2D eigenvalue weighted by molar-refractivity contribution is 7.98. The maximum Gasteiger partial charge on any atom is 0.303 e. The fourth-order valence-corrected chi connectivity index (χ4v) is 4.29. The number of amides is 2. The molecule has 2 aromatic rings. The summed E-state index contributed by atoms with van der Waals surface area (Å²) in [6.45, 7) is 15.1. The fourth-order valence-electron chi connectivity index (χ4n) is 3.83. The van der Waals surface area contributed by atoms with Crippen LogP contribution < -0.4 is 20.7 Å². The number of nitrogens with one attached hydrogen (secondary N) is 3. The van der Waals surface area contributed by atoms with E-state index in [1.54, 1.807) is 31.0 Å². The number of hydrogen-bond acceptors (Lipinski definition) is 7. The number of allylic oxidation sites excluding steroid dienone is 4. The van der Waals surface area contributed by atoms with Gasteiger partial charge in [-0.05, 0) is 94.3 Å². The van der Waals surface area contributed by atoms with Crippen LogP contribution in [0.1, 0.15) is 98.0 Å². The Morgan fingerprint density at radius 3 is 2.18 bits per heavy atom. The molecule has 0 spiro atoms. The van der Waals surface area contributed by atoms with Crippen molar-refractivity contribution in [3.8, 4) is 5.75 Å². The van der Waals surface area contributed by atoms with E-state index in [4.69, 9.17) is 14.6 Å². The number of carbonyl (C=O) groups excluding carboxylic acids is 2. The summed E-state index contributed by atoms with van der Waals surface area (Å²) < 4.78 is 10.9. The van der Waals surface area contributed by atoms with Crippen LogP contribution in [0, 0.1) is 0 Å². The maximum absolute atomic E-state index is 11.8. The number of rotatable bonds is 19. The van der Waals surface area contributed by atoms with Gasteiger partial charge in [-0.2, -0.15) is 0 Å². The Balaban J connectivity index is 0.000000855. The monoisotopic (exact) mass is 725 g/mol. The molecule has 1 saturated carbocycles. The van der Waals surface area contributed by atoms with E-state index in [0.29, 0.717) is 32.3 Å². The molecule has 0 saturated heterocycles. The van der Waals surface area contributed by atoms with Crippen molar-refractivity contribution in [2.75, 3.05) is 31.8 Å². The molecule has 284 valence electrons. The molecular formula is C41H63N3O6S. The number of aryl methyl sites for hydroxylation is 1. The molecule has 0 unspecified atom stereocenters. The zero-order valence-electron chi connectivity index (χ0n) is 32.0. The SMILES string of the molecule is C1CC1.C=C/C=C(\C=C(/C)NCCCOc1ccc(CCC(=O)O)cc1)OC.CCC.CSc1cccc(NC(=O)CCCC(=O)NC(C)C)c1. The molecule has 1 aliphatic carbocycles. The predicted molar refractivity (Wildman–Crippen MR) is 213 cm³/mol. The quantitative estimate of drug-likeness (QED) is 0.0489. The average Bonchev–Trinajstić information content (AvgIpc) is 3.98. The number of hydrogen-bond donors (Lipinski definition) is 4. The van der Waals surface area contributed by atoms with Gasteiger partial charge in [0.05, 0.1) is 13.7 Å². The van der Waals surface area contributed by atoms with Gasteiger partial charge in [-0.15, -0.1) is 11.8 Å². The van der Waals surface area contributed by atoms with Gasteiger partial charge in [0.25, 0.3) is 0 Å². The molecule has 0 heterocycles. The van der Waals surface area contributed by atoms with Crippen LogP contribution in [0.3, 0.4) is 0 Å². The van der Waals surface area contributed by atoms with Gasteiger partial charge in [0.15, 0.2) is 0 Å². The molecule has 3 rings (SSSR count). The molecule has 51 heavy (non-hydrogen) atoms. The lowest BCUT2D eigenvalue weighted by Gasteiger charge is -2.09. The largest absolute Gasteiger partial charge is 0.497 e. The summed E-state index contributed by atoms with van der Waals surface area (Å²) in [4.78, 5) is 34.9. The number of carboxylic acid groups (broad SMARTS) is 1. The Morgan fingerprint density at radius 2 is 1.63 bits per heavy atom. The molecule has 1 aliphatic rings. The first kappa shape index (κ1) is 46.8. The third kappa shape index (κ3) is 29.3. The van der Waals surface area contributed by atoms with Crippen LogP contribution in [0.5, 0.6) is 5.75 Å². The van der Waals surface area contributed by atoms with Crippen LogP contribution in [-0.4, -0.2) is 55.4 Å². The Labute approximate surface area is 311 Å². The van der Waals surface area contributed by atoms with Crippen LogP contribution in [0.4, 0.5) is 5.69 Å². The summed E-state index contributed by atoms with van der Waals surface area (Å²) in [6.07, 6.45) is 16.0. The first-order valence-electron chi connectivity index (χ1n) is 17.9. The lowest BCUT2D eigenvalue weighted by molar-refractivity contribution is -0.137. The molecule has 1 fully saturated rings. The lowest BCUT2D eigenvalue weighted by Crippen LogP contribution is -2.30. The number of aliphatic carboxylic acids is 1. The van der Waals surface area contributed by atoms with Crippen molar-refractivity contribution < 1.29 is 29.0 Å². The van der Waals surface area contributed by atoms with Crippen LogP contribution in [0.25, 0.3) is 0 Å². The minimum atomic E-state index is -0.783. The van der Waals surface area contributed by atoms with Crippen molar-refractivity contribution in [2.45, 2.75) is 110 Å². The second-order valence-corrected chi connectivity index (χ2v) is 13.0. The number of carboxylic acids is 1. The Morgan fingerprint density at radius 1 is 0.980 bits per heavy atom. The van der Waals surface area contributed by atoms with Gasteiger partial charge in [0.1, 0.15) is 11.5 Å². The summed E-state index contributed by atoms with van der Waals surface area (Å²) in [5.41, 5.74) is 2.81. The molecule has 0 aromatic heterocycles. The van der Waals surface area contributed by atoms with Gasteiger partial charge in [0, 0.05) is 48.1 Å².